The Morgan fingerprint density at radius 1 is 1.33 bits per heavy atom. The highest BCUT2D eigenvalue weighted by atomic mass is 35.5. The standard InChI is InChI=1S/C21H26ClN3O2/c1-20(2)14-8-9-21(20,3)17(12-14)23-24-19(27)13-6-7-15(22)16(11-13)25-10-4-5-18(25)26/h6-7,11,14H,4-5,8-10,12H2,1-3H3,(H,24,27)/b23-17+/t14-,21-/m0/s1. The highest BCUT2D eigenvalue weighted by Gasteiger charge is 2.60. The van der Waals surface area contributed by atoms with Gasteiger partial charge in [0.2, 0.25) is 5.91 Å². The van der Waals surface area contributed by atoms with Gasteiger partial charge in [-0.05, 0) is 55.2 Å². The Bertz CT molecular complexity index is 848. The number of nitrogens with zero attached hydrogens (tertiary/aromatic N) is 2. The zero-order valence-electron chi connectivity index (χ0n) is 16.1. The van der Waals surface area contributed by atoms with E-state index in [1.54, 1.807) is 23.1 Å². The van der Waals surface area contributed by atoms with E-state index in [0.29, 0.717) is 35.2 Å². The monoisotopic (exact) mass is 387 g/mol. The Labute approximate surface area is 165 Å². The molecule has 2 amide bonds. The van der Waals surface area contributed by atoms with Gasteiger partial charge in [0.1, 0.15) is 0 Å². The van der Waals surface area contributed by atoms with Gasteiger partial charge in [0.15, 0.2) is 0 Å². The van der Waals surface area contributed by atoms with Crippen molar-refractivity contribution in [1.29, 1.82) is 0 Å². The summed E-state index contributed by atoms with van der Waals surface area (Å²) in [5.41, 5.74) is 5.18. The molecule has 1 N–H and O–H groups in total. The molecule has 2 aliphatic carbocycles. The number of fused-ring (bicyclic) bond motifs is 2. The number of benzene rings is 1. The molecule has 144 valence electrons. The van der Waals surface area contributed by atoms with Crippen LogP contribution in [0.2, 0.25) is 5.02 Å². The fourth-order valence-electron chi connectivity index (χ4n) is 5.04. The summed E-state index contributed by atoms with van der Waals surface area (Å²) >= 11 is 6.27. The third-order valence-corrected chi connectivity index (χ3v) is 7.70. The predicted octanol–water partition coefficient (Wildman–Crippen LogP) is 4.40. The largest absolute Gasteiger partial charge is 0.311 e. The maximum absolute atomic E-state index is 12.7. The molecular formula is C21H26ClN3O2. The van der Waals surface area contributed by atoms with Crippen molar-refractivity contribution in [3.63, 3.8) is 0 Å². The van der Waals surface area contributed by atoms with E-state index >= 15 is 0 Å². The minimum Gasteiger partial charge on any atom is -0.311 e. The van der Waals surface area contributed by atoms with Gasteiger partial charge in [0.05, 0.1) is 10.7 Å². The smallest absolute Gasteiger partial charge is 0.271 e. The van der Waals surface area contributed by atoms with Gasteiger partial charge in [-0.2, -0.15) is 5.10 Å². The van der Waals surface area contributed by atoms with Crippen LogP contribution in [0.1, 0.15) is 63.2 Å². The molecule has 2 atom stereocenters. The Hall–Kier alpha value is -1.88. The highest BCUT2D eigenvalue weighted by molar-refractivity contribution is 6.34. The van der Waals surface area contributed by atoms with Crippen LogP contribution in [0.15, 0.2) is 23.3 Å². The first-order chi connectivity index (χ1) is 12.7. The van der Waals surface area contributed by atoms with Gasteiger partial charge in [-0.25, -0.2) is 5.43 Å². The highest BCUT2D eigenvalue weighted by Crippen LogP contribution is 2.63. The van der Waals surface area contributed by atoms with Crippen LogP contribution in [0.5, 0.6) is 0 Å². The molecule has 0 unspecified atom stereocenters. The Balaban J connectivity index is 1.54. The van der Waals surface area contributed by atoms with Gasteiger partial charge in [0.25, 0.3) is 5.91 Å². The summed E-state index contributed by atoms with van der Waals surface area (Å²) in [6, 6.07) is 5.04. The van der Waals surface area contributed by atoms with Crippen molar-refractivity contribution in [1.82, 2.24) is 5.43 Å². The molecule has 1 aliphatic heterocycles. The third-order valence-electron chi connectivity index (χ3n) is 7.38. The van der Waals surface area contributed by atoms with Crippen molar-refractivity contribution in [2.45, 2.75) is 52.9 Å². The van der Waals surface area contributed by atoms with Crippen LogP contribution in [0, 0.1) is 16.7 Å². The minimum atomic E-state index is -0.267. The summed E-state index contributed by atoms with van der Waals surface area (Å²) in [5, 5.41) is 5.00. The van der Waals surface area contributed by atoms with Gasteiger partial charge in [-0.15, -0.1) is 0 Å². The van der Waals surface area contributed by atoms with E-state index in [2.05, 4.69) is 31.3 Å². The number of anilines is 1. The lowest BCUT2D eigenvalue weighted by atomic mass is 9.70. The number of hydrazone groups is 1. The Kier molecular flexibility index (Phi) is 4.34. The number of carbonyl (C=O) groups is 2. The molecule has 4 rings (SSSR count). The summed E-state index contributed by atoms with van der Waals surface area (Å²) in [6.45, 7) is 7.53. The van der Waals surface area contributed by atoms with Gasteiger partial charge in [-0.1, -0.05) is 32.4 Å². The number of amides is 2. The lowest BCUT2D eigenvalue weighted by molar-refractivity contribution is -0.117. The van der Waals surface area contributed by atoms with E-state index in [0.717, 1.165) is 25.0 Å². The molecule has 5 nitrogen and oxygen atoms in total. The van der Waals surface area contributed by atoms with Crippen LogP contribution in [0.3, 0.4) is 0 Å². The van der Waals surface area contributed by atoms with Crippen LogP contribution in [-0.2, 0) is 4.79 Å². The molecule has 1 aromatic carbocycles. The molecule has 0 aromatic heterocycles. The molecule has 1 saturated heterocycles. The molecule has 2 bridgehead atoms. The molecule has 3 aliphatic rings. The number of nitrogens with one attached hydrogen (secondary N) is 1. The molecule has 0 spiro atoms. The first kappa shape index (κ1) is 18.5. The summed E-state index contributed by atoms with van der Waals surface area (Å²) in [7, 11) is 0. The second-order valence-electron chi connectivity index (χ2n) is 8.81. The first-order valence-corrected chi connectivity index (χ1v) is 10.1. The van der Waals surface area contributed by atoms with Crippen LogP contribution < -0.4 is 10.3 Å². The van der Waals surface area contributed by atoms with Crippen molar-refractivity contribution in [3.05, 3.63) is 28.8 Å². The van der Waals surface area contributed by atoms with Crippen molar-refractivity contribution < 1.29 is 9.59 Å². The molecule has 6 heteroatoms. The maximum atomic E-state index is 12.7. The van der Waals surface area contributed by atoms with Crippen LogP contribution in [0.4, 0.5) is 5.69 Å². The van der Waals surface area contributed by atoms with E-state index in [4.69, 9.17) is 11.6 Å². The van der Waals surface area contributed by atoms with E-state index in [1.807, 2.05) is 0 Å². The molecule has 3 fully saturated rings. The molecule has 0 radical (unpaired) electrons. The molecular weight excluding hydrogens is 362 g/mol. The minimum absolute atomic E-state index is 0.0480. The van der Waals surface area contributed by atoms with E-state index < -0.39 is 0 Å². The van der Waals surface area contributed by atoms with Gasteiger partial charge in [0, 0.05) is 29.7 Å². The van der Waals surface area contributed by atoms with E-state index in [1.165, 1.54) is 6.42 Å². The van der Waals surface area contributed by atoms with Crippen LogP contribution in [0.25, 0.3) is 0 Å². The zero-order chi connectivity index (χ0) is 19.4. The summed E-state index contributed by atoms with van der Waals surface area (Å²) < 4.78 is 0. The second kappa shape index (κ2) is 6.33. The molecule has 27 heavy (non-hydrogen) atoms. The van der Waals surface area contributed by atoms with Crippen LogP contribution >= 0.6 is 11.6 Å². The second-order valence-corrected chi connectivity index (χ2v) is 9.22. The average Bonchev–Trinajstić information content (AvgIpc) is 3.20. The lowest BCUT2D eigenvalue weighted by Gasteiger charge is -2.34. The Morgan fingerprint density at radius 2 is 2.11 bits per heavy atom. The fourth-order valence-corrected chi connectivity index (χ4v) is 5.26. The normalized spacial score (nSPS) is 30.4. The maximum Gasteiger partial charge on any atom is 0.271 e. The topological polar surface area (TPSA) is 61.8 Å². The Morgan fingerprint density at radius 3 is 2.70 bits per heavy atom. The van der Waals surface area contributed by atoms with Crippen molar-refractivity contribution in [3.8, 4) is 0 Å². The van der Waals surface area contributed by atoms with Gasteiger partial charge < -0.3 is 4.90 Å². The lowest BCUT2D eigenvalue weighted by Crippen LogP contribution is -2.34. The average molecular weight is 388 g/mol. The zero-order valence-corrected chi connectivity index (χ0v) is 16.9. The molecule has 2 saturated carbocycles. The number of hydrogen-bond donors (Lipinski definition) is 1. The van der Waals surface area contributed by atoms with Gasteiger partial charge >= 0.3 is 0 Å². The SMILES string of the molecule is CC1(C)[C@H]2CC[C@@]1(C)/C(=N/NC(=O)c1ccc(Cl)c(N3CCCC3=O)c1)C2. The van der Waals surface area contributed by atoms with Gasteiger partial charge in [-0.3, -0.25) is 9.59 Å². The summed E-state index contributed by atoms with van der Waals surface area (Å²) in [5.74, 6) is 0.421. The quantitative estimate of drug-likeness (QED) is 0.781. The van der Waals surface area contributed by atoms with Crippen molar-refractivity contribution in [2.24, 2.45) is 21.8 Å². The van der Waals surface area contributed by atoms with E-state index in [-0.39, 0.29) is 22.6 Å². The third kappa shape index (κ3) is 2.78. The first-order valence-electron chi connectivity index (χ1n) is 9.71. The predicted molar refractivity (Wildman–Crippen MR) is 107 cm³/mol. The number of hydrogen-bond acceptors (Lipinski definition) is 3. The fraction of sp³-hybridized carbons (Fsp3) is 0.571. The van der Waals surface area contributed by atoms with E-state index in [9.17, 15) is 9.59 Å². The molecule has 1 aromatic rings. The number of halogens is 1. The van der Waals surface area contributed by atoms with Crippen molar-refractivity contribution in [2.75, 3.05) is 11.4 Å². The summed E-state index contributed by atoms with van der Waals surface area (Å²) in [6.07, 6.45) is 4.66. The number of carbonyl (C=O) groups excluding carboxylic acids is 2. The van der Waals surface area contributed by atoms with Crippen molar-refractivity contribution >= 4 is 34.8 Å². The van der Waals surface area contributed by atoms with Crippen LogP contribution in [-0.4, -0.2) is 24.1 Å². The summed E-state index contributed by atoms with van der Waals surface area (Å²) in [4.78, 5) is 26.3. The number of rotatable bonds is 3. The molecule has 1 heterocycles.